The van der Waals surface area contributed by atoms with Crippen LogP contribution in [-0.4, -0.2) is 48.8 Å². The van der Waals surface area contributed by atoms with Crippen LogP contribution in [0.2, 0.25) is 0 Å². The maximum atomic E-state index is 10.0. The van der Waals surface area contributed by atoms with E-state index in [9.17, 15) is 39.6 Å². The Morgan fingerprint density at radius 2 is 0.745 bits per heavy atom. The summed E-state index contributed by atoms with van der Waals surface area (Å²) >= 11 is 0. The van der Waals surface area contributed by atoms with Gasteiger partial charge >= 0.3 is 20.1 Å². The van der Waals surface area contributed by atoms with Crippen LogP contribution in [0.3, 0.4) is 0 Å². The molecule has 255 valence electrons. The number of hydrogen-bond donors (Lipinski definition) is 0. The molecule has 5 heterocycles. The van der Waals surface area contributed by atoms with Crippen molar-refractivity contribution in [1.29, 1.82) is 5.26 Å². The van der Waals surface area contributed by atoms with Crippen LogP contribution in [0.5, 0.6) is 0 Å². The Hall–Kier alpha value is -7.01. The van der Waals surface area contributed by atoms with Crippen molar-refractivity contribution in [3.05, 3.63) is 175 Å². The largest absolute Gasteiger partial charge is 4.00 e. The second kappa shape index (κ2) is 24.2. The molecule has 0 amide bonds. The van der Waals surface area contributed by atoms with Gasteiger partial charge in [-0.15, -0.1) is 0 Å². The topological polar surface area (TPSA) is 249 Å². The van der Waals surface area contributed by atoms with E-state index in [2.05, 4.69) is 31.0 Å². The molecule has 15 heteroatoms. The number of nitriles is 1. The van der Waals surface area contributed by atoms with Gasteiger partial charge in [-0.05, 0) is 60.7 Å². The van der Waals surface area contributed by atoms with Gasteiger partial charge in [-0.25, -0.2) is 0 Å². The van der Waals surface area contributed by atoms with Crippen molar-refractivity contribution in [2.75, 3.05) is 0 Å². The van der Waals surface area contributed by atoms with Crippen molar-refractivity contribution in [2.24, 2.45) is 0 Å². The average Bonchev–Trinajstić information content (AvgIpc) is 3.17. The van der Waals surface area contributed by atoms with Gasteiger partial charge in [0.1, 0.15) is 6.07 Å². The molecule has 0 aliphatic heterocycles. The molecule has 0 N–H and O–H groups in total. The van der Waals surface area contributed by atoms with Crippen LogP contribution < -0.4 is 20.4 Å². The predicted octanol–water partition coefficient (Wildman–Crippen LogP) is 0.398. The van der Waals surface area contributed by atoms with Crippen molar-refractivity contribution in [3.63, 3.8) is 0 Å². The molecule has 6 aromatic rings. The molecule has 51 heavy (non-hydrogen) atoms. The summed E-state index contributed by atoms with van der Waals surface area (Å²) in [6.45, 7) is 0. The summed E-state index contributed by atoms with van der Waals surface area (Å²) in [7, 11) is 0. The molecule has 1 aromatic carbocycles. The van der Waals surface area contributed by atoms with E-state index < -0.39 is 23.9 Å². The molecule has 0 saturated heterocycles. The van der Waals surface area contributed by atoms with Gasteiger partial charge in [0.25, 0.3) is 0 Å². The number of hydrogen-bond acceptors (Lipinski definition) is 14. The number of carbonyl (C=O) groups excluding carboxylic acids is 4. The van der Waals surface area contributed by atoms with Gasteiger partial charge in [0.2, 0.25) is 0 Å². The number of carboxylic acid groups (broad SMARTS) is 4. The zero-order valence-corrected chi connectivity index (χ0v) is 28.5. The SMILES string of the molecule is N#Cc1cccnc1-c1ccccc1.O=C([O-])c1ccccn1.O=C([O-])c1ccccn1.O=C([O-])c1ccccn1.O=C([O-])c1ccccn1.[Ir+4]. The Kier molecular flexibility index (Phi) is 19.9. The van der Waals surface area contributed by atoms with Gasteiger partial charge in [-0.2, -0.15) is 5.26 Å². The number of benzene rings is 1. The van der Waals surface area contributed by atoms with Crippen molar-refractivity contribution < 1.29 is 59.7 Å². The van der Waals surface area contributed by atoms with Gasteiger partial charge in [0.15, 0.2) is 0 Å². The molecule has 0 atom stereocenters. The molecule has 0 fully saturated rings. The minimum atomic E-state index is -1.24. The van der Waals surface area contributed by atoms with E-state index in [4.69, 9.17) is 5.26 Å². The van der Waals surface area contributed by atoms with Crippen molar-refractivity contribution in [3.8, 4) is 17.3 Å². The number of nitrogens with zero attached hydrogens (tertiary/aromatic N) is 6. The fraction of sp³-hybridized carbons (Fsp3) is 0. The fourth-order valence-corrected chi connectivity index (χ4v) is 3.26. The van der Waals surface area contributed by atoms with Crippen LogP contribution in [0.4, 0.5) is 0 Å². The van der Waals surface area contributed by atoms with Crippen LogP contribution >= 0.6 is 0 Å². The molecule has 1 radical (unpaired) electrons. The van der Waals surface area contributed by atoms with E-state index in [1.54, 1.807) is 66.9 Å². The molecule has 0 spiro atoms. The molecular formula is C36H24IrN6O8. The monoisotopic (exact) mass is 861 g/mol. The average molecular weight is 861 g/mol. The van der Waals surface area contributed by atoms with Crippen LogP contribution in [0, 0.1) is 11.3 Å². The normalized spacial score (nSPS) is 8.84. The Morgan fingerprint density at radius 1 is 0.431 bits per heavy atom. The summed E-state index contributed by atoms with van der Waals surface area (Å²) in [5, 5.41) is 49.0. The molecule has 0 saturated carbocycles. The first-order valence-corrected chi connectivity index (χ1v) is 14.0. The first-order chi connectivity index (χ1) is 24.1. The molecule has 0 bridgehead atoms. The van der Waals surface area contributed by atoms with E-state index in [-0.39, 0.29) is 42.9 Å². The summed E-state index contributed by atoms with van der Waals surface area (Å²) in [5.41, 5.74) is 2.21. The summed E-state index contributed by atoms with van der Waals surface area (Å²) in [6.07, 6.45) is 7.33. The first-order valence-electron chi connectivity index (χ1n) is 14.0. The van der Waals surface area contributed by atoms with Crippen molar-refractivity contribution in [2.45, 2.75) is 0 Å². The number of pyridine rings is 5. The molecule has 0 aliphatic carbocycles. The summed E-state index contributed by atoms with van der Waals surface area (Å²) in [4.78, 5) is 58.4. The standard InChI is InChI=1S/C12H8N2.4C6H5NO2.Ir/c13-9-11-7-4-8-14-12(11)10-5-2-1-3-6-10;4*8-6(9)5-3-1-2-4-7-5;/h1-8H;4*1-4H,(H,8,9);/q;;;;;+4/p-4. The third-order valence-electron chi connectivity index (χ3n) is 5.47. The van der Waals surface area contributed by atoms with Gasteiger partial charge in [-0.3, -0.25) is 24.9 Å². The number of carbonyl (C=O) groups is 4. The number of aromatic carboxylic acids is 4. The minimum Gasteiger partial charge on any atom is -0.543 e. The van der Waals surface area contributed by atoms with E-state index in [0.717, 1.165) is 11.3 Å². The molecule has 0 unspecified atom stereocenters. The van der Waals surface area contributed by atoms with Crippen LogP contribution in [-0.2, 0) is 20.1 Å². The van der Waals surface area contributed by atoms with E-state index in [1.165, 1.54) is 49.1 Å². The van der Waals surface area contributed by atoms with Gasteiger partial charge in [-0.1, -0.05) is 54.6 Å². The Morgan fingerprint density at radius 3 is 1.00 bits per heavy atom. The van der Waals surface area contributed by atoms with Crippen LogP contribution in [0.15, 0.2) is 146 Å². The summed E-state index contributed by atoms with van der Waals surface area (Å²) < 4.78 is 0. The quantitative estimate of drug-likeness (QED) is 0.228. The van der Waals surface area contributed by atoms with Crippen molar-refractivity contribution >= 4 is 23.9 Å². The smallest absolute Gasteiger partial charge is 0.543 e. The van der Waals surface area contributed by atoms with Gasteiger partial charge in [0, 0.05) is 36.5 Å². The van der Waals surface area contributed by atoms with E-state index in [1.807, 2.05) is 30.3 Å². The van der Waals surface area contributed by atoms with Crippen molar-refractivity contribution in [1.82, 2.24) is 24.9 Å². The molecule has 14 nitrogen and oxygen atoms in total. The minimum absolute atomic E-state index is 0. The predicted molar refractivity (Wildman–Crippen MR) is 169 cm³/mol. The third-order valence-corrected chi connectivity index (χ3v) is 5.47. The van der Waals surface area contributed by atoms with E-state index in [0.29, 0.717) is 5.56 Å². The van der Waals surface area contributed by atoms with Gasteiger partial charge < -0.3 is 39.6 Å². The zero-order valence-electron chi connectivity index (χ0n) is 26.1. The maximum absolute atomic E-state index is 10.0. The van der Waals surface area contributed by atoms with Crippen LogP contribution in [0.1, 0.15) is 47.5 Å². The Bertz CT molecular complexity index is 1770. The first kappa shape index (κ1) is 42.0. The molecular weight excluding hydrogens is 837 g/mol. The van der Waals surface area contributed by atoms with Gasteiger partial charge in [0.05, 0.1) is 57.9 Å². The Balaban J connectivity index is 0.000000322. The molecule has 0 aliphatic rings. The second-order valence-electron chi connectivity index (χ2n) is 8.89. The molecule has 6 rings (SSSR count). The summed E-state index contributed by atoms with van der Waals surface area (Å²) in [6, 6.07) is 33.9. The number of rotatable bonds is 5. The third kappa shape index (κ3) is 16.6. The Labute approximate surface area is 304 Å². The number of carboxylic acids is 4. The van der Waals surface area contributed by atoms with Crippen LogP contribution in [0.25, 0.3) is 11.3 Å². The maximum Gasteiger partial charge on any atom is 4.00 e. The second-order valence-corrected chi connectivity index (χ2v) is 8.89. The number of aromatic nitrogens is 5. The zero-order chi connectivity index (χ0) is 36.6. The fourth-order valence-electron chi connectivity index (χ4n) is 3.26. The van der Waals surface area contributed by atoms with E-state index >= 15 is 0 Å². The molecule has 5 aromatic heterocycles. The summed E-state index contributed by atoms with van der Waals surface area (Å²) in [5.74, 6) is -4.96.